The molecule has 2 saturated heterocycles. The summed E-state index contributed by atoms with van der Waals surface area (Å²) in [5, 5.41) is 19.8. The number of hydrogen-bond donors (Lipinski definition) is 3. The highest BCUT2D eigenvalue weighted by atomic mass is 32.2. The summed E-state index contributed by atoms with van der Waals surface area (Å²) in [4.78, 5) is 24.7. The molecule has 11 nitrogen and oxygen atoms in total. The normalized spacial score (nSPS) is 27.6. The van der Waals surface area contributed by atoms with Crippen LogP contribution in [0.3, 0.4) is 0 Å². The molecule has 30 heavy (non-hydrogen) atoms. The average Bonchev–Trinajstić information content (AvgIpc) is 3.01. The van der Waals surface area contributed by atoms with Crippen molar-refractivity contribution in [1.29, 1.82) is 0 Å². The van der Waals surface area contributed by atoms with E-state index in [1.165, 1.54) is 13.8 Å². The summed E-state index contributed by atoms with van der Waals surface area (Å²) in [7, 11) is -3.53. The number of nitrogens with zero attached hydrogens (tertiary/aromatic N) is 4. The minimum atomic E-state index is -3.53. The van der Waals surface area contributed by atoms with Crippen molar-refractivity contribution in [3.05, 3.63) is 18.5 Å². The van der Waals surface area contributed by atoms with Crippen LogP contribution < -0.4 is 9.62 Å². The molecule has 0 bridgehead atoms. The average molecular weight is 444 g/mol. The lowest BCUT2D eigenvalue weighted by Crippen LogP contribution is -2.50. The van der Waals surface area contributed by atoms with Crippen LogP contribution in [0.15, 0.2) is 18.5 Å². The van der Waals surface area contributed by atoms with Gasteiger partial charge in [0.05, 0.1) is 17.8 Å². The summed E-state index contributed by atoms with van der Waals surface area (Å²) in [5.74, 6) is 0.428. The Kier molecular flexibility index (Phi) is 7.24. The van der Waals surface area contributed by atoms with Crippen molar-refractivity contribution in [1.82, 2.24) is 19.6 Å². The highest BCUT2D eigenvalue weighted by molar-refractivity contribution is 7.90. The summed E-state index contributed by atoms with van der Waals surface area (Å²) in [5.41, 5.74) is 0. The first kappa shape index (κ1) is 22.8. The Labute approximate surface area is 176 Å². The fourth-order valence-corrected chi connectivity index (χ4v) is 4.17. The lowest BCUT2D eigenvalue weighted by Gasteiger charge is -2.35. The van der Waals surface area contributed by atoms with Crippen LogP contribution in [0.25, 0.3) is 0 Å². The molecular formula is C18H29N5O6S. The summed E-state index contributed by atoms with van der Waals surface area (Å²) in [6.07, 6.45) is -1.10. The van der Waals surface area contributed by atoms with E-state index in [-0.39, 0.29) is 18.9 Å². The quantitative estimate of drug-likeness (QED) is 0.450. The smallest absolute Gasteiger partial charge is 0.225 e. The van der Waals surface area contributed by atoms with Gasteiger partial charge in [0.15, 0.2) is 0 Å². The van der Waals surface area contributed by atoms with Gasteiger partial charge in [0.1, 0.15) is 18.3 Å². The third-order valence-electron chi connectivity index (χ3n) is 5.41. The zero-order chi connectivity index (χ0) is 21.9. The largest absolute Gasteiger partial charge is 0.388 e. The summed E-state index contributed by atoms with van der Waals surface area (Å²) >= 11 is 0. The van der Waals surface area contributed by atoms with Crippen molar-refractivity contribution in [2.75, 3.05) is 37.6 Å². The number of hydrogen-bond acceptors (Lipinski definition) is 9. The van der Waals surface area contributed by atoms with Gasteiger partial charge in [-0.05, 0) is 19.9 Å². The molecule has 3 rings (SSSR count). The number of sulfonamides is 1. The summed E-state index contributed by atoms with van der Waals surface area (Å²) in [6.45, 7) is 5.06. The molecule has 2 fully saturated rings. The third-order valence-corrected chi connectivity index (χ3v) is 7.22. The molecule has 0 aromatic carbocycles. The number of nitrogens with one attached hydrogen (secondary N) is 1. The van der Waals surface area contributed by atoms with Crippen LogP contribution in [0.2, 0.25) is 0 Å². The Bertz CT molecular complexity index is 816. The molecule has 1 amide bonds. The topological polar surface area (TPSA) is 145 Å². The van der Waals surface area contributed by atoms with Crippen molar-refractivity contribution in [3.8, 4) is 0 Å². The third kappa shape index (κ3) is 5.24. The molecule has 2 aliphatic heterocycles. The summed E-state index contributed by atoms with van der Waals surface area (Å²) < 4.78 is 31.8. The van der Waals surface area contributed by atoms with Crippen LogP contribution in [-0.4, -0.2) is 102 Å². The maximum atomic E-state index is 12.7. The lowest BCUT2D eigenvalue weighted by atomic mass is 10.0. The highest BCUT2D eigenvalue weighted by Crippen LogP contribution is 2.24. The van der Waals surface area contributed by atoms with Gasteiger partial charge in [-0.15, -0.1) is 0 Å². The molecule has 2 aliphatic rings. The van der Waals surface area contributed by atoms with Gasteiger partial charge in [0, 0.05) is 45.1 Å². The van der Waals surface area contributed by atoms with Crippen LogP contribution in [0.4, 0.5) is 5.95 Å². The second-order valence-corrected chi connectivity index (χ2v) is 10.1. The lowest BCUT2D eigenvalue weighted by molar-refractivity contribution is -0.135. The van der Waals surface area contributed by atoms with Crippen LogP contribution in [0.5, 0.6) is 0 Å². The molecule has 168 valence electrons. The maximum absolute atomic E-state index is 12.7. The number of anilines is 1. The Morgan fingerprint density at radius 2 is 1.77 bits per heavy atom. The number of carbonyl (C=O) groups is 1. The Balaban J connectivity index is 1.49. The minimum absolute atomic E-state index is 0.0898. The second kappa shape index (κ2) is 9.52. The van der Waals surface area contributed by atoms with Crippen molar-refractivity contribution >= 4 is 21.9 Å². The Morgan fingerprint density at radius 1 is 1.17 bits per heavy atom. The van der Waals surface area contributed by atoms with Crippen LogP contribution in [0.1, 0.15) is 20.3 Å². The van der Waals surface area contributed by atoms with Crippen molar-refractivity contribution < 1.29 is 28.2 Å². The number of carbonyl (C=O) groups excluding carboxylic acids is 1. The van der Waals surface area contributed by atoms with Gasteiger partial charge in [-0.3, -0.25) is 4.79 Å². The van der Waals surface area contributed by atoms with Crippen molar-refractivity contribution in [2.45, 2.75) is 49.9 Å². The van der Waals surface area contributed by atoms with Gasteiger partial charge in [-0.25, -0.2) is 23.1 Å². The number of piperazine rings is 1. The van der Waals surface area contributed by atoms with E-state index in [0.29, 0.717) is 32.1 Å². The van der Waals surface area contributed by atoms with Crippen molar-refractivity contribution in [3.63, 3.8) is 0 Å². The van der Waals surface area contributed by atoms with Gasteiger partial charge in [0.25, 0.3) is 0 Å². The van der Waals surface area contributed by atoms with Gasteiger partial charge in [0.2, 0.25) is 21.9 Å². The predicted octanol–water partition coefficient (Wildman–Crippen LogP) is -1.67. The number of aromatic nitrogens is 2. The summed E-state index contributed by atoms with van der Waals surface area (Å²) in [6, 6.07) is 1.74. The molecule has 4 atom stereocenters. The molecule has 1 aromatic heterocycles. The Hall–Kier alpha value is -1.86. The molecule has 0 spiro atoms. The van der Waals surface area contributed by atoms with Gasteiger partial charge < -0.3 is 24.7 Å². The maximum Gasteiger partial charge on any atom is 0.225 e. The second-order valence-electron chi connectivity index (χ2n) is 7.76. The van der Waals surface area contributed by atoms with Gasteiger partial charge in [-0.1, -0.05) is 0 Å². The molecule has 0 aliphatic carbocycles. The zero-order valence-corrected chi connectivity index (χ0v) is 17.9. The fraction of sp³-hybridized carbons (Fsp3) is 0.722. The van der Waals surface area contributed by atoms with E-state index >= 15 is 0 Å². The molecular weight excluding hydrogens is 414 g/mol. The molecule has 0 unspecified atom stereocenters. The number of rotatable bonds is 7. The fourth-order valence-electron chi connectivity index (χ4n) is 3.44. The van der Waals surface area contributed by atoms with E-state index in [4.69, 9.17) is 4.74 Å². The molecule has 0 radical (unpaired) electrons. The molecule has 1 aromatic rings. The van der Waals surface area contributed by atoms with E-state index in [0.717, 1.165) is 0 Å². The van der Waals surface area contributed by atoms with E-state index in [1.807, 2.05) is 4.90 Å². The van der Waals surface area contributed by atoms with E-state index < -0.39 is 39.7 Å². The molecule has 0 saturated carbocycles. The van der Waals surface area contributed by atoms with Crippen LogP contribution in [0, 0.1) is 0 Å². The number of ether oxygens (including phenoxy) is 1. The van der Waals surface area contributed by atoms with E-state index in [2.05, 4.69) is 14.7 Å². The van der Waals surface area contributed by atoms with Crippen LogP contribution >= 0.6 is 0 Å². The standard InChI is InChI=1S/C18H29N5O6S/c1-12(2)30(27,28)21-11-14-17(26)16(25)13(29-14)10-15(24)22-6-8-23(9-7-22)18-19-4-3-5-20-18/h3-5,12-14,16-17,21,25-26H,6-11H2,1-2H3/t13-,14-,16-,17+/m0/s1. The van der Waals surface area contributed by atoms with Gasteiger partial charge in [-0.2, -0.15) is 0 Å². The Morgan fingerprint density at radius 3 is 2.37 bits per heavy atom. The first-order chi connectivity index (χ1) is 14.2. The van der Waals surface area contributed by atoms with E-state index in [9.17, 15) is 23.4 Å². The van der Waals surface area contributed by atoms with E-state index in [1.54, 1.807) is 23.4 Å². The first-order valence-corrected chi connectivity index (χ1v) is 11.5. The van der Waals surface area contributed by atoms with Crippen LogP contribution in [-0.2, 0) is 19.6 Å². The number of amides is 1. The number of aliphatic hydroxyl groups is 2. The zero-order valence-electron chi connectivity index (χ0n) is 17.1. The molecule has 3 heterocycles. The molecule has 12 heteroatoms. The first-order valence-electron chi connectivity index (χ1n) is 9.99. The molecule has 3 N–H and O–H groups in total. The highest BCUT2D eigenvalue weighted by Gasteiger charge is 2.44. The SMILES string of the molecule is CC(C)S(=O)(=O)NC[C@@H]1O[C@@H](CC(=O)N2CCN(c3ncccn3)CC2)[C@H](O)[C@@H]1O. The van der Waals surface area contributed by atoms with Gasteiger partial charge >= 0.3 is 0 Å². The predicted molar refractivity (Wildman–Crippen MR) is 108 cm³/mol. The number of aliphatic hydroxyl groups excluding tert-OH is 2. The monoisotopic (exact) mass is 443 g/mol. The van der Waals surface area contributed by atoms with Crippen molar-refractivity contribution in [2.24, 2.45) is 0 Å². The minimum Gasteiger partial charge on any atom is -0.388 e.